The van der Waals surface area contributed by atoms with Crippen LogP contribution in [0.25, 0.3) is 0 Å². The van der Waals surface area contributed by atoms with Crippen molar-refractivity contribution in [1.82, 2.24) is 10.1 Å². The molecule has 2 atom stereocenters. The minimum Gasteiger partial charge on any atom is -0.359 e. The minimum absolute atomic E-state index is 0.0182. The Bertz CT molecular complexity index is 716. The highest BCUT2D eigenvalue weighted by molar-refractivity contribution is 5.77. The molecule has 1 aromatic carbocycles. The Kier molecular flexibility index (Phi) is 4.94. The van der Waals surface area contributed by atoms with Crippen LogP contribution in [0, 0.1) is 12.7 Å². The molecule has 5 nitrogen and oxygen atoms in total. The SMILES string of the molecule is Cc1cc([C@@H]2CCCN2C(=O)C[C@H](N)Cc2ccccc2F)on1. The molecule has 1 amide bonds. The summed E-state index contributed by atoms with van der Waals surface area (Å²) in [5, 5.41) is 3.90. The van der Waals surface area contributed by atoms with Gasteiger partial charge in [-0.2, -0.15) is 0 Å². The van der Waals surface area contributed by atoms with Crippen LogP contribution in [0.5, 0.6) is 0 Å². The Hall–Kier alpha value is -2.21. The predicted molar refractivity (Wildman–Crippen MR) is 87.6 cm³/mol. The molecule has 2 aromatic rings. The smallest absolute Gasteiger partial charge is 0.224 e. The van der Waals surface area contributed by atoms with Gasteiger partial charge in [0.25, 0.3) is 0 Å². The summed E-state index contributed by atoms with van der Waals surface area (Å²) in [5.41, 5.74) is 7.43. The molecule has 0 bridgehead atoms. The Labute approximate surface area is 140 Å². The van der Waals surface area contributed by atoms with Gasteiger partial charge in [-0.3, -0.25) is 4.79 Å². The van der Waals surface area contributed by atoms with Crippen molar-refractivity contribution in [3.05, 3.63) is 53.2 Å². The topological polar surface area (TPSA) is 72.4 Å². The maximum absolute atomic E-state index is 13.7. The van der Waals surface area contributed by atoms with Crippen molar-refractivity contribution < 1.29 is 13.7 Å². The van der Waals surface area contributed by atoms with Crippen LogP contribution in [0.1, 0.15) is 42.3 Å². The fraction of sp³-hybridized carbons (Fsp3) is 0.444. The van der Waals surface area contributed by atoms with Gasteiger partial charge in [0.2, 0.25) is 5.91 Å². The van der Waals surface area contributed by atoms with Gasteiger partial charge in [0, 0.05) is 25.1 Å². The van der Waals surface area contributed by atoms with E-state index in [9.17, 15) is 9.18 Å². The van der Waals surface area contributed by atoms with E-state index < -0.39 is 6.04 Å². The first-order valence-corrected chi connectivity index (χ1v) is 8.26. The first-order chi connectivity index (χ1) is 11.5. The van der Waals surface area contributed by atoms with E-state index in [1.54, 1.807) is 23.1 Å². The first-order valence-electron chi connectivity index (χ1n) is 8.26. The van der Waals surface area contributed by atoms with Crippen molar-refractivity contribution in [1.29, 1.82) is 0 Å². The largest absolute Gasteiger partial charge is 0.359 e. The molecule has 128 valence electrons. The molecule has 0 aliphatic carbocycles. The highest BCUT2D eigenvalue weighted by Crippen LogP contribution is 2.32. The number of aromatic nitrogens is 1. The van der Waals surface area contributed by atoms with Crippen molar-refractivity contribution in [3.63, 3.8) is 0 Å². The van der Waals surface area contributed by atoms with Gasteiger partial charge in [-0.25, -0.2) is 4.39 Å². The van der Waals surface area contributed by atoms with Crippen LogP contribution in [0.3, 0.4) is 0 Å². The quantitative estimate of drug-likeness (QED) is 0.914. The second kappa shape index (κ2) is 7.13. The van der Waals surface area contributed by atoms with E-state index in [-0.39, 0.29) is 24.2 Å². The molecular weight excluding hydrogens is 309 g/mol. The van der Waals surface area contributed by atoms with Crippen LogP contribution in [0.4, 0.5) is 4.39 Å². The second-order valence-corrected chi connectivity index (χ2v) is 6.38. The summed E-state index contributed by atoms with van der Waals surface area (Å²) in [7, 11) is 0. The zero-order valence-electron chi connectivity index (χ0n) is 13.7. The number of halogens is 1. The van der Waals surface area contributed by atoms with E-state index in [4.69, 9.17) is 10.3 Å². The van der Waals surface area contributed by atoms with E-state index in [0.29, 0.717) is 18.5 Å². The van der Waals surface area contributed by atoms with Crippen LogP contribution in [-0.4, -0.2) is 28.6 Å². The number of benzene rings is 1. The van der Waals surface area contributed by atoms with E-state index in [1.807, 2.05) is 13.0 Å². The van der Waals surface area contributed by atoms with Crippen LogP contribution < -0.4 is 5.73 Å². The van der Waals surface area contributed by atoms with Crippen molar-refractivity contribution in [2.75, 3.05) is 6.54 Å². The monoisotopic (exact) mass is 331 g/mol. The Balaban J connectivity index is 1.62. The molecule has 0 spiro atoms. The molecule has 0 saturated carbocycles. The van der Waals surface area contributed by atoms with Crippen LogP contribution in [0.2, 0.25) is 0 Å². The van der Waals surface area contributed by atoms with Gasteiger partial charge in [0.15, 0.2) is 5.76 Å². The molecule has 0 unspecified atom stereocenters. The number of hydrogen-bond acceptors (Lipinski definition) is 4. The van der Waals surface area contributed by atoms with Crippen LogP contribution in [0.15, 0.2) is 34.9 Å². The van der Waals surface area contributed by atoms with E-state index >= 15 is 0 Å². The maximum Gasteiger partial charge on any atom is 0.224 e. The summed E-state index contributed by atoms with van der Waals surface area (Å²) in [6.45, 7) is 2.55. The third-order valence-corrected chi connectivity index (χ3v) is 4.42. The van der Waals surface area contributed by atoms with E-state index in [2.05, 4.69) is 5.16 Å². The summed E-state index contributed by atoms with van der Waals surface area (Å²) in [5.74, 6) is 0.424. The third-order valence-electron chi connectivity index (χ3n) is 4.42. The fourth-order valence-electron chi connectivity index (χ4n) is 3.26. The van der Waals surface area contributed by atoms with Gasteiger partial charge in [-0.05, 0) is 37.8 Å². The Morgan fingerprint density at radius 2 is 2.29 bits per heavy atom. The zero-order chi connectivity index (χ0) is 17.1. The molecular formula is C18H22FN3O2. The molecule has 1 fully saturated rings. The van der Waals surface area contributed by atoms with Gasteiger partial charge in [0.05, 0.1) is 11.7 Å². The lowest BCUT2D eigenvalue weighted by Gasteiger charge is -2.24. The maximum atomic E-state index is 13.7. The zero-order valence-corrected chi connectivity index (χ0v) is 13.7. The van der Waals surface area contributed by atoms with Crippen LogP contribution in [-0.2, 0) is 11.2 Å². The second-order valence-electron chi connectivity index (χ2n) is 6.38. The molecule has 1 saturated heterocycles. The number of likely N-dealkylation sites (tertiary alicyclic amines) is 1. The number of nitrogens with zero attached hydrogens (tertiary/aromatic N) is 2. The summed E-state index contributed by atoms with van der Waals surface area (Å²) in [4.78, 5) is 14.4. The number of amides is 1. The fourth-order valence-corrected chi connectivity index (χ4v) is 3.26. The molecule has 24 heavy (non-hydrogen) atoms. The van der Waals surface area contributed by atoms with Gasteiger partial charge < -0.3 is 15.2 Å². The summed E-state index contributed by atoms with van der Waals surface area (Å²) < 4.78 is 19.0. The molecule has 3 rings (SSSR count). The molecule has 1 aliphatic rings. The number of carbonyl (C=O) groups excluding carboxylic acids is 1. The number of carbonyl (C=O) groups is 1. The number of hydrogen-bond donors (Lipinski definition) is 1. The first kappa shape index (κ1) is 16.6. The molecule has 1 aliphatic heterocycles. The highest BCUT2D eigenvalue weighted by atomic mass is 19.1. The average Bonchev–Trinajstić information content (AvgIpc) is 3.18. The van der Waals surface area contributed by atoms with Gasteiger partial charge in [0.1, 0.15) is 5.82 Å². The van der Waals surface area contributed by atoms with Gasteiger partial charge in [-0.1, -0.05) is 23.4 Å². The molecule has 2 N–H and O–H groups in total. The van der Waals surface area contributed by atoms with E-state index in [0.717, 1.165) is 24.3 Å². The summed E-state index contributed by atoms with van der Waals surface area (Å²) in [6, 6.07) is 7.92. The van der Waals surface area contributed by atoms with Crippen molar-refractivity contribution >= 4 is 5.91 Å². The Morgan fingerprint density at radius 3 is 3.00 bits per heavy atom. The minimum atomic E-state index is -0.410. The molecule has 0 radical (unpaired) electrons. The van der Waals surface area contributed by atoms with Crippen molar-refractivity contribution in [2.24, 2.45) is 5.73 Å². The average molecular weight is 331 g/mol. The predicted octanol–water partition coefficient (Wildman–Crippen LogP) is 2.75. The third kappa shape index (κ3) is 3.64. The summed E-state index contributed by atoms with van der Waals surface area (Å²) >= 11 is 0. The Morgan fingerprint density at radius 1 is 1.50 bits per heavy atom. The lowest BCUT2D eigenvalue weighted by Crippen LogP contribution is -2.36. The number of aryl methyl sites for hydroxylation is 1. The van der Waals surface area contributed by atoms with Crippen molar-refractivity contribution in [2.45, 2.75) is 44.7 Å². The van der Waals surface area contributed by atoms with Gasteiger partial charge in [-0.15, -0.1) is 0 Å². The lowest BCUT2D eigenvalue weighted by atomic mass is 10.0. The van der Waals surface area contributed by atoms with Crippen LogP contribution >= 0.6 is 0 Å². The standard InChI is InChI=1S/C18H22FN3O2/c1-12-9-17(24-21-12)16-7-4-8-22(16)18(23)11-14(20)10-13-5-2-3-6-15(13)19/h2-3,5-6,9,14,16H,4,7-8,10-11,20H2,1H3/t14-,16+/m1/s1. The van der Waals surface area contributed by atoms with Crippen molar-refractivity contribution in [3.8, 4) is 0 Å². The molecule has 6 heteroatoms. The number of rotatable bonds is 5. The molecule has 1 aromatic heterocycles. The number of nitrogens with two attached hydrogens (primary N) is 1. The highest BCUT2D eigenvalue weighted by Gasteiger charge is 2.33. The normalized spacial score (nSPS) is 18.8. The van der Waals surface area contributed by atoms with E-state index in [1.165, 1.54) is 6.07 Å². The van der Waals surface area contributed by atoms with Gasteiger partial charge >= 0.3 is 0 Å². The summed E-state index contributed by atoms with van der Waals surface area (Å²) in [6.07, 6.45) is 2.33. The lowest BCUT2D eigenvalue weighted by molar-refractivity contribution is -0.132. The molecule has 2 heterocycles.